The van der Waals surface area contributed by atoms with Gasteiger partial charge in [0.15, 0.2) is 5.13 Å². The lowest BCUT2D eigenvalue weighted by Gasteiger charge is -2.07. The molecule has 0 saturated carbocycles. The van der Waals surface area contributed by atoms with Gasteiger partial charge in [0.25, 0.3) is 0 Å². The Balaban J connectivity index is 0.00000210. The lowest BCUT2D eigenvalue weighted by atomic mass is 10.1. The Hall–Kier alpha value is -2.70. The summed E-state index contributed by atoms with van der Waals surface area (Å²) in [6.07, 6.45) is 0. The molecule has 0 radical (unpaired) electrons. The number of amides is 1. The highest BCUT2D eigenvalue weighted by Gasteiger charge is 2.07. The summed E-state index contributed by atoms with van der Waals surface area (Å²) in [6.45, 7) is 1.50. The average Bonchev–Trinajstić information content (AvgIpc) is 3.11. The second-order valence-corrected chi connectivity index (χ2v) is 6.81. The first-order chi connectivity index (χ1) is 12.7. The minimum absolute atomic E-state index is 0. The third-order valence-corrected chi connectivity index (χ3v) is 4.79. The fourth-order valence-electron chi connectivity index (χ4n) is 2.84. The number of rotatable bonds is 4. The highest BCUT2D eigenvalue weighted by Crippen LogP contribution is 2.30. The van der Waals surface area contributed by atoms with Gasteiger partial charge >= 0.3 is 0 Å². The second kappa shape index (κ2) is 8.33. The Morgan fingerprint density at radius 1 is 0.963 bits per heavy atom. The molecule has 0 atom stereocenters. The predicted molar refractivity (Wildman–Crippen MR) is 119 cm³/mol. The number of thiazole rings is 1. The summed E-state index contributed by atoms with van der Waals surface area (Å²) in [6, 6.07) is 22.2. The average molecular weight is 440 g/mol. The van der Waals surface area contributed by atoms with Gasteiger partial charge in [0, 0.05) is 34.6 Å². The molecule has 27 heavy (non-hydrogen) atoms. The van der Waals surface area contributed by atoms with Gasteiger partial charge in [-0.1, -0.05) is 48.5 Å². The molecule has 4 rings (SSSR count). The summed E-state index contributed by atoms with van der Waals surface area (Å²) in [7, 11) is 0. The molecular formula is C21H18BrN3OS. The van der Waals surface area contributed by atoms with Crippen LogP contribution in [0.25, 0.3) is 22.0 Å². The van der Waals surface area contributed by atoms with Crippen LogP contribution in [0.4, 0.5) is 16.5 Å². The summed E-state index contributed by atoms with van der Waals surface area (Å²) in [5, 5.41) is 11.4. The van der Waals surface area contributed by atoms with Crippen molar-refractivity contribution < 1.29 is 4.79 Å². The first-order valence-corrected chi connectivity index (χ1v) is 9.15. The third-order valence-electron chi connectivity index (χ3n) is 4.04. The predicted octanol–water partition coefficient (Wildman–Crippen LogP) is 6.24. The van der Waals surface area contributed by atoms with Crippen LogP contribution in [-0.2, 0) is 4.79 Å². The van der Waals surface area contributed by atoms with Gasteiger partial charge in [0.1, 0.15) is 0 Å². The van der Waals surface area contributed by atoms with Crippen molar-refractivity contribution in [2.45, 2.75) is 6.92 Å². The van der Waals surface area contributed by atoms with Crippen molar-refractivity contribution in [3.63, 3.8) is 0 Å². The van der Waals surface area contributed by atoms with Crippen LogP contribution in [-0.4, -0.2) is 10.9 Å². The number of halogens is 1. The number of benzene rings is 3. The zero-order valence-corrected chi connectivity index (χ0v) is 17.1. The molecule has 0 fully saturated rings. The molecule has 4 nitrogen and oxygen atoms in total. The lowest BCUT2D eigenvalue weighted by Crippen LogP contribution is -2.05. The van der Waals surface area contributed by atoms with Crippen molar-refractivity contribution in [3.8, 4) is 11.3 Å². The van der Waals surface area contributed by atoms with Crippen molar-refractivity contribution in [2.75, 3.05) is 10.6 Å². The molecule has 3 aromatic carbocycles. The van der Waals surface area contributed by atoms with Crippen LogP contribution in [0.15, 0.2) is 72.1 Å². The molecule has 1 amide bonds. The van der Waals surface area contributed by atoms with E-state index in [2.05, 4.69) is 34.9 Å². The van der Waals surface area contributed by atoms with E-state index < -0.39 is 0 Å². The number of carbonyl (C=O) groups is 1. The summed E-state index contributed by atoms with van der Waals surface area (Å²) in [5.74, 6) is -0.0759. The van der Waals surface area contributed by atoms with Gasteiger partial charge in [0.05, 0.1) is 5.69 Å². The largest absolute Gasteiger partial charge is 0.331 e. The number of fused-ring (bicyclic) bond motifs is 1. The van der Waals surface area contributed by atoms with Crippen molar-refractivity contribution in [3.05, 3.63) is 72.1 Å². The molecule has 6 heteroatoms. The lowest BCUT2D eigenvalue weighted by molar-refractivity contribution is -0.114. The zero-order valence-electron chi connectivity index (χ0n) is 14.6. The maximum atomic E-state index is 11.1. The summed E-state index contributed by atoms with van der Waals surface area (Å²) in [5.41, 5.74) is 3.75. The molecule has 4 aromatic rings. The van der Waals surface area contributed by atoms with E-state index in [1.165, 1.54) is 17.7 Å². The number of hydrogen-bond acceptors (Lipinski definition) is 4. The van der Waals surface area contributed by atoms with Gasteiger partial charge in [-0.2, -0.15) is 0 Å². The molecule has 0 aliphatic heterocycles. The fourth-order valence-corrected chi connectivity index (χ4v) is 3.57. The van der Waals surface area contributed by atoms with Crippen LogP contribution in [0.2, 0.25) is 0 Å². The quantitative estimate of drug-likeness (QED) is 0.395. The Labute approximate surface area is 172 Å². The molecular weight excluding hydrogens is 422 g/mol. The molecule has 1 heterocycles. The van der Waals surface area contributed by atoms with Crippen LogP contribution in [0, 0.1) is 0 Å². The smallest absolute Gasteiger partial charge is 0.221 e. The second-order valence-electron chi connectivity index (χ2n) is 5.95. The normalized spacial score (nSPS) is 10.3. The maximum Gasteiger partial charge on any atom is 0.221 e. The van der Waals surface area contributed by atoms with Gasteiger partial charge < -0.3 is 10.6 Å². The highest BCUT2D eigenvalue weighted by molar-refractivity contribution is 8.93. The summed E-state index contributed by atoms with van der Waals surface area (Å²) in [4.78, 5) is 15.8. The molecule has 0 aliphatic carbocycles. The monoisotopic (exact) mass is 439 g/mol. The van der Waals surface area contributed by atoms with Gasteiger partial charge in [-0.15, -0.1) is 28.3 Å². The van der Waals surface area contributed by atoms with E-state index in [0.29, 0.717) is 0 Å². The molecule has 0 saturated heterocycles. The van der Waals surface area contributed by atoms with Crippen molar-refractivity contribution in [2.24, 2.45) is 0 Å². The highest BCUT2D eigenvalue weighted by atomic mass is 79.9. The number of anilines is 3. The maximum absolute atomic E-state index is 11.1. The Morgan fingerprint density at radius 2 is 1.70 bits per heavy atom. The minimum Gasteiger partial charge on any atom is -0.331 e. The van der Waals surface area contributed by atoms with E-state index in [-0.39, 0.29) is 22.9 Å². The van der Waals surface area contributed by atoms with Crippen LogP contribution in [0.5, 0.6) is 0 Å². The van der Waals surface area contributed by atoms with Crippen molar-refractivity contribution in [1.29, 1.82) is 0 Å². The Kier molecular flexibility index (Phi) is 5.88. The van der Waals surface area contributed by atoms with Gasteiger partial charge in [-0.05, 0) is 23.6 Å². The van der Waals surface area contributed by atoms with Gasteiger partial charge in [-0.25, -0.2) is 4.98 Å². The topological polar surface area (TPSA) is 54.0 Å². The molecule has 0 bridgehead atoms. The standard InChI is InChI=1S/C21H17N3OS.BrH/c1-14(25)22-17-11-9-16(10-12-17)20-13-26-21(24-20)23-19-8-4-6-15-5-2-3-7-18(15)19;/h2-13H,1H3,(H,22,25)(H,23,24);1H. The minimum atomic E-state index is -0.0759. The summed E-state index contributed by atoms with van der Waals surface area (Å²) >= 11 is 1.57. The van der Waals surface area contributed by atoms with E-state index in [1.807, 2.05) is 47.8 Å². The number of nitrogens with zero attached hydrogens (tertiary/aromatic N) is 1. The fraction of sp³-hybridized carbons (Fsp3) is 0.0476. The SMILES string of the molecule is Br.CC(=O)Nc1ccc(-c2csc(Nc3cccc4ccccc34)n2)cc1. The summed E-state index contributed by atoms with van der Waals surface area (Å²) < 4.78 is 0. The van der Waals surface area contributed by atoms with Crippen LogP contribution >= 0.6 is 28.3 Å². The molecule has 0 aliphatic rings. The number of hydrogen-bond donors (Lipinski definition) is 2. The third kappa shape index (κ3) is 4.35. The number of carbonyl (C=O) groups excluding carboxylic acids is 1. The van der Waals surface area contributed by atoms with E-state index >= 15 is 0 Å². The van der Waals surface area contributed by atoms with E-state index in [9.17, 15) is 4.79 Å². The number of nitrogens with one attached hydrogen (secondary N) is 2. The number of aromatic nitrogens is 1. The van der Waals surface area contributed by atoms with Crippen molar-refractivity contribution in [1.82, 2.24) is 4.98 Å². The van der Waals surface area contributed by atoms with Crippen LogP contribution in [0.3, 0.4) is 0 Å². The molecule has 0 unspecified atom stereocenters. The first kappa shape index (κ1) is 19.1. The zero-order chi connectivity index (χ0) is 17.9. The van der Waals surface area contributed by atoms with E-state index in [1.54, 1.807) is 11.3 Å². The van der Waals surface area contributed by atoms with Gasteiger partial charge in [0.2, 0.25) is 5.91 Å². The Bertz CT molecular complexity index is 1070. The molecule has 0 spiro atoms. The molecule has 2 N–H and O–H groups in total. The van der Waals surface area contributed by atoms with E-state index in [0.717, 1.165) is 27.8 Å². The van der Waals surface area contributed by atoms with E-state index in [4.69, 9.17) is 4.98 Å². The first-order valence-electron chi connectivity index (χ1n) is 8.27. The van der Waals surface area contributed by atoms with Crippen LogP contribution < -0.4 is 10.6 Å². The Morgan fingerprint density at radius 3 is 2.48 bits per heavy atom. The van der Waals surface area contributed by atoms with Gasteiger partial charge in [-0.3, -0.25) is 4.79 Å². The molecule has 136 valence electrons. The molecule has 1 aromatic heterocycles. The van der Waals surface area contributed by atoms with Crippen molar-refractivity contribution >= 4 is 61.5 Å². The van der Waals surface area contributed by atoms with Crippen LogP contribution in [0.1, 0.15) is 6.92 Å².